The van der Waals surface area contributed by atoms with Crippen molar-refractivity contribution in [3.05, 3.63) is 87.7 Å². The van der Waals surface area contributed by atoms with Gasteiger partial charge in [0.15, 0.2) is 0 Å². The summed E-state index contributed by atoms with van der Waals surface area (Å²) < 4.78 is 7.83. The van der Waals surface area contributed by atoms with Gasteiger partial charge in [-0.1, -0.05) is 23.7 Å². The predicted octanol–water partition coefficient (Wildman–Crippen LogP) is 4.43. The molecule has 0 radical (unpaired) electrons. The largest absolute Gasteiger partial charge is 0.489 e. The lowest BCUT2D eigenvalue weighted by Gasteiger charge is -2.12. The van der Waals surface area contributed by atoms with E-state index in [1.54, 1.807) is 6.07 Å². The van der Waals surface area contributed by atoms with Crippen LogP contribution in [0.3, 0.4) is 0 Å². The highest BCUT2D eigenvalue weighted by atomic mass is 35.5. The molecule has 8 heteroatoms. The molecule has 7 nitrogen and oxygen atoms in total. The number of nitrogens with two attached hydrogens (primary N) is 1. The molecular formula is C24H21ClN4O3. The van der Waals surface area contributed by atoms with Gasteiger partial charge in [0.05, 0.1) is 0 Å². The molecule has 0 saturated carbocycles. The first-order chi connectivity index (χ1) is 15.3. The Bertz CT molecular complexity index is 1220. The Morgan fingerprint density at radius 2 is 1.81 bits per heavy atom. The number of nitrogens with zero attached hydrogens (tertiary/aromatic N) is 2. The number of aromatic nitrogens is 1. The number of hydrogen-bond donors (Lipinski definition) is 2. The third-order valence-corrected chi connectivity index (χ3v) is 5.04. The number of primary amides is 1. The van der Waals surface area contributed by atoms with Crippen molar-refractivity contribution >= 4 is 29.6 Å². The first kappa shape index (κ1) is 22.7. The minimum Gasteiger partial charge on any atom is -0.489 e. The topological polar surface area (TPSA) is 110 Å². The Hall–Kier alpha value is -4.02. The van der Waals surface area contributed by atoms with Crippen molar-refractivity contribution < 1.29 is 14.3 Å². The molecule has 32 heavy (non-hydrogen) atoms. The molecule has 162 valence electrons. The van der Waals surface area contributed by atoms with Crippen molar-refractivity contribution in [1.82, 2.24) is 9.88 Å². The van der Waals surface area contributed by atoms with Gasteiger partial charge >= 0.3 is 6.03 Å². The molecule has 3 rings (SSSR count). The van der Waals surface area contributed by atoms with Gasteiger partial charge in [0.1, 0.15) is 24.0 Å². The summed E-state index contributed by atoms with van der Waals surface area (Å²) in [6, 6.07) is 17.7. The van der Waals surface area contributed by atoms with Gasteiger partial charge in [-0.2, -0.15) is 5.26 Å². The van der Waals surface area contributed by atoms with E-state index in [4.69, 9.17) is 22.1 Å². The van der Waals surface area contributed by atoms with Crippen LogP contribution in [0.4, 0.5) is 4.79 Å². The van der Waals surface area contributed by atoms with E-state index in [2.05, 4.69) is 0 Å². The van der Waals surface area contributed by atoms with Crippen LogP contribution in [-0.4, -0.2) is 16.5 Å². The Kier molecular flexibility index (Phi) is 6.98. The number of hydrogen-bond acceptors (Lipinski definition) is 4. The second kappa shape index (κ2) is 9.86. The average Bonchev–Trinajstić information content (AvgIpc) is 3.04. The summed E-state index contributed by atoms with van der Waals surface area (Å²) >= 11 is 5.90. The van der Waals surface area contributed by atoms with E-state index in [-0.39, 0.29) is 5.57 Å². The van der Waals surface area contributed by atoms with Crippen molar-refractivity contribution in [3.8, 4) is 17.5 Å². The Morgan fingerprint density at radius 1 is 1.16 bits per heavy atom. The Labute approximate surface area is 190 Å². The van der Waals surface area contributed by atoms with Crippen LogP contribution in [0.1, 0.15) is 22.5 Å². The lowest BCUT2D eigenvalue weighted by atomic mass is 10.1. The van der Waals surface area contributed by atoms with E-state index in [0.29, 0.717) is 17.2 Å². The molecular weight excluding hydrogens is 428 g/mol. The normalized spacial score (nSPS) is 11.0. The summed E-state index contributed by atoms with van der Waals surface area (Å²) in [4.78, 5) is 22.8. The molecule has 0 saturated heterocycles. The predicted molar refractivity (Wildman–Crippen MR) is 122 cm³/mol. The fraction of sp³-hybridized carbons (Fsp3) is 0.125. The molecule has 1 heterocycles. The van der Waals surface area contributed by atoms with Gasteiger partial charge in [0.25, 0.3) is 5.91 Å². The molecule has 0 aliphatic rings. The van der Waals surface area contributed by atoms with Crippen molar-refractivity contribution in [2.24, 2.45) is 5.73 Å². The smallest absolute Gasteiger partial charge is 0.319 e. The second-order valence-electron chi connectivity index (χ2n) is 7.06. The van der Waals surface area contributed by atoms with Gasteiger partial charge in [-0.25, -0.2) is 4.79 Å². The Balaban J connectivity index is 1.80. The molecule has 0 fully saturated rings. The standard InChI is InChI=1S/C24H21ClN4O3/c1-15-11-18(12-19(13-26)23(30)28-24(27)31)16(2)29(15)21-7-9-22(10-8-21)32-14-17-3-5-20(25)6-4-17/h3-12H,14H2,1-2H3,(H3,27,28,30,31)/b19-12-. The maximum absolute atomic E-state index is 12.0. The van der Waals surface area contributed by atoms with Crippen molar-refractivity contribution in [3.63, 3.8) is 0 Å². The summed E-state index contributed by atoms with van der Waals surface area (Å²) in [6.45, 7) is 4.23. The van der Waals surface area contributed by atoms with Gasteiger partial charge in [-0.15, -0.1) is 0 Å². The van der Waals surface area contributed by atoms with E-state index >= 15 is 0 Å². The molecule has 3 amide bonds. The van der Waals surface area contributed by atoms with Gasteiger partial charge in [0, 0.05) is 22.1 Å². The van der Waals surface area contributed by atoms with E-state index in [0.717, 1.165) is 28.4 Å². The van der Waals surface area contributed by atoms with E-state index < -0.39 is 11.9 Å². The number of rotatable bonds is 6. The number of amides is 3. The highest BCUT2D eigenvalue weighted by Crippen LogP contribution is 2.25. The van der Waals surface area contributed by atoms with E-state index in [1.165, 1.54) is 6.08 Å². The number of benzene rings is 2. The molecule has 1 aromatic heterocycles. The van der Waals surface area contributed by atoms with Crippen molar-refractivity contribution in [2.45, 2.75) is 20.5 Å². The van der Waals surface area contributed by atoms with Crippen LogP contribution in [0, 0.1) is 25.2 Å². The monoisotopic (exact) mass is 448 g/mol. The number of carbonyl (C=O) groups excluding carboxylic acids is 2. The molecule has 0 aliphatic heterocycles. The molecule has 3 N–H and O–H groups in total. The molecule has 0 unspecified atom stereocenters. The number of urea groups is 1. The van der Waals surface area contributed by atoms with Crippen LogP contribution < -0.4 is 15.8 Å². The third-order valence-electron chi connectivity index (χ3n) is 4.79. The zero-order chi connectivity index (χ0) is 23.3. The average molecular weight is 449 g/mol. The summed E-state index contributed by atoms with van der Waals surface area (Å²) in [5.41, 5.74) is 9.09. The minimum absolute atomic E-state index is 0.213. The highest BCUT2D eigenvalue weighted by Gasteiger charge is 2.15. The van der Waals surface area contributed by atoms with Gasteiger partial charge in [0.2, 0.25) is 0 Å². The van der Waals surface area contributed by atoms with Crippen LogP contribution in [0.15, 0.2) is 60.2 Å². The van der Waals surface area contributed by atoms with E-state index in [9.17, 15) is 14.9 Å². The number of ether oxygens (including phenoxy) is 1. The van der Waals surface area contributed by atoms with Crippen LogP contribution in [0.2, 0.25) is 5.02 Å². The lowest BCUT2D eigenvalue weighted by molar-refractivity contribution is -0.115. The zero-order valence-electron chi connectivity index (χ0n) is 17.6. The van der Waals surface area contributed by atoms with Crippen LogP contribution in [0.5, 0.6) is 5.75 Å². The quantitative estimate of drug-likeness (QED) is 0.429. The van der Waals surface area contributed by atoms with Gasteiger partial charge in [-0.3, -0.25) is 10.1 Å². The summed E-state index contributed by atoms with van der Waals surface area (Å²) in [6.07, 6.45) is 1.43. The summed E-state index contributed by atoms with van der Waals surface area (Å²) in [5.74, 6) is -0.117. The van der Waals surface area contributed by atoms with Crippen LogP contribution >= 0.6 is 11.6 Å². The molecule has 0 atom stereocenters. The maximum Gasteiger partial charge on any atom is 0.319 e. The summed E-state index contributed by atoms with van der Waals surface area (Å²) in [7, 11) is 0. The first-order valence-electron chi connectivity index (χ1n) is 9.67. The molecule has 0 aliphatic carbocycles. The van der Waals surface area contributed by atoms with Crippen molar-refractivity contribution in [1.29, 1.82) is 5.26 Å². The fourth-order valence-electron chi connectivity index (χ4n) is 3.25. The number of aryl methyl sites for hydroxylation is 1. The first-order valence-corrected chi connectivity index (χ1v) is 10.1. The van der Waals surface area contributed by atoms with Gasteiger partial charge < -0.3 is 15.0 Å². The Morgan fingerprint density at radius 3 is 2.41 bits per heavy atom. The lowest BCUT2D eigenvalue weighted by Crippen LogP contribution is -2.35. The highest BCUT2D eigenvalue weighted by molar-refractivity contribution is 6.30. The second-order valence-corrected chi connectivity index (χ2v) is 7.50. The van der Waals surface area contributed by atoms with E-state index in [1.807, 2.05) is 78.3 Å². The molecule has 2 aromatic carbocycles. The molecule has 3 aromatic rings. The number of imide groups is 1. The summed E-state index contributed by atoms with van der Waals surface area (Å²) in [5, 5.41) is 11.9. The number of halogens is 1. The van der Waals surface area contributed by atoms with Gasteiger partial charge in [-0.05, 0) is 73.5 Å². The zero-order valence-corrected chi connectivity index (χ0v) is 18.3. The maximum atomic E-state index is 12.0. The minimum atomic E-state index is -1.01. The van der Waals surface area contributed by atoms with Crippen LogP contribution in [-0.2, 0) is 11.4 Å². The molecule has 0 spiro atoms. The SMILES string of the molecule is Cc1cc(/C=C(/C#N)C(=O)NC(N)=O)c(C)n1-c1ccc(OCc2ccc(Cl)cc2)cc1. The van der Waals surface area contributed by atoms with Crippen molar-refractivity contribution in [2.75, 3.05) is 0 Å². The fourth-order valence-corrected chi connectivity index (χ4v) is 3.38. The molecule has 0 bridgehead atoms. The number of nitriles is 1. The number of nitrogens with one attached hydrogen (secondary N) is 1. The number of carbonyl (C=O) groups is 2. The third kappa shape index (κ3) is 5.36. The van der Waals surface area contributed by atoms with Crippen LogP contribution in [0.25, 0.3) is 11.8 Å².